The van der Waals surface area contributed by atoms with Gasteiger partial charge in [-0.2, -0.15) is 5.10 Å². The van der Waals surface area contributed by atoms with Gasteiger partial charge in [-0.1, -0.05) is 19.9 Å². The number of aromatic nitrogens is 2. The highest BCUT2D eigenvalue weighted by Gasteiger charge is 2.33. The average molecular weight is 361 g/mol. The third-order valence-electron chi connectivity index (χ3n) is 4.26. The lowest BCUT2D eigenvalue weighted by molar-refractivity contribution is -0.123. The first-order valence-corrected chi connectivity index (χ1v) is 8.15. The van der Waals surface area contributed by atoms with Crippen LogP contribution in [0.2, 0.25) is 0 Å². The number of nitrogens with zero attached hydrogens (tertiary/aromatic N) is 2. The number of carboxylic acid groups (broad SMARTS) is 1. The van der Waals surface area contributed by atoms with Crippen LogP contribution in [0.15, 0.2) is 18.2 Å². The standard InChI is InChI=1S/C17H21N3O3.CH2O2/c1-9(2)16-15-11(8-14(22)18-17(15)20(3)19-16)10-5-6-12(21)13(7-10)23-4;2-1-3/h5-7,9,11,21H,8H2,1-4H3,(H,18,22);1H,(H,2,3). The molecule has 0 aliphatic carbocycles. The maximum atomic E-state index is 12.1. The van der Waals surface area contributed by atoms with Crippen LogP contribution in [0, 0.1) is 0 Å². The fourth-order valence-corrected chi connectivity index (χ4v) is 3.15. The number of nitrogens with one attached hydrogen (secondary N) is 1. The maximum Gasteiger partial charge on any atom is 0.290 e. The second-order valence-electron chi connectivity index (χ2n) is 6.27. The molecular weight excluding hydrogens is 338 g/mol. The number of methoxy groups -OCH3 is 1. The van der Waals surface area contributed by atoms with Gasteiger partial charge >= 0.3 is 0 Å². The fourth-order valence-electron chi connectivity index (χ4n) is 3.15. The summed E-state index contributed by atoms with van der Waals surface area (Å²) in [4.78, 5) is 20.5. The van der Waals surface area contributed by atoms with Gasteiger partial charge in [0.05, 0.1) is 12.8 Å². The van der Waals surface area contributed by atoms with E-state index in [-0.39, 0.29) is 30.0 Å². The van der Waals surface area contributed by atoms with Gasteiger partial charge in [-0.15, -0.1) is 0 Å². The van der Waals surface area contributed by atoms with E-state index in [0.29, 0.717) is 12.2 Å². The van der Waals surface area contributed by atoms with Crippen molar-refractivity contribution >= 4 is 18.2 Å². The first kappa shape index (κ1) is 19.3. The Morgan fingerprint density at radius 3 is 2.65 bits per heavy atom. The van der Waals surface area contributed by atoms with E-state index in [1.807, 2.05) is 13.1 Å². The lowest BCUT2D eigenvalue weighted by atomic mass is 9.83. The molecule has 26 heavy (non-hydrogen) atoms. The zero-order valence-corrected chi connectivity index (χ0v) is 15.2. The number of ether oxygens (including phenoxy) is 1. The number of fused-ring (bicyclic) bond motifs is 1. The van der Waals surface area contributed by atoms with E-state index in [2.05, 4.69) is 24.3 Å². The molecule has 2 heterocycles. The minimum Gasteiger partial charge on any atom is -0.504 e. The summed E-state index contributed by atoms with van der Waals surface area (Å²) in [5, 5.41) is 24.2. The molecule has 1 aliphatic heterocycles. The Hall–Kier alpha value is -3.03. The highest BCUT2D eigenvalue weighted by atomic mass is 16.5. The summed E-state index contributed by atoms with van der Waals surface area (Å²) in [6.45, 7) is 3.93. The number of rotatable bonds is 3. The number of anilines is 1. The van der Waals surface area contributed by atoms with Crippen molar-refractivity contribution in [1.29, 1.82) is 0 Å². The summed E-state index contributed by atoms with van der Waals surface area (Å²) in [7, 11) is 3.35. The molecule has 1 aliphatic rings. The lowest BCUT2D eigenvalue weighted by Crippen LogP contribution is -2.25. The molecule has 1 aromatic carbocycles. The van der Waals surface area contributed by atoms with Gasteiger partial charge < -0.3 is 20.3 Å². The molecule has 0 fully saturated rings. The Balaban J connectivity index is 0.000000758. The fraction of sp³-hybridized carbons (Fsp3) is 0.389. The molecule has 0 saturated carbocycles. The van der Waals surface area contributed by atoms with Gasteiger partial charge in [0.25, 0.3) is 6.47 Å². The number of benzene rings is 1. The van der Waals surface area contributed by atoms with Crippen molar-refractivity contribution < 1.29 is 24.5 Å². The Labute approximate surface area is 151 Å². The van der Waals surface area contributed by atoms with Crippen LogP contribution in [-0.4, -0.2) is 39.5 Å². The zero-order chi connectivity index (χ0) is 19.4. The maximum absolute atomic E-state index is 12.1. The molecule has 0 radical (unpaired) electrons. The Morgan fingerprint density at radius 2 is 2.08 bits per heavy atom. The summed E-state index contributed by atoms with van der Waals surface area (Å²) >= 11 is 0. The molecule has 1 unspecified atom stereocenters. The normalized spacial score (nSPS) is 15.6. The van der Waals surface area contributed by atoms with E-state index in [1.54, 1.807) is 16.8 Å². The minimum atomic E-state index is -0.250. The largest absolute Gasteiger partial charge is 0.504 e. The SMILES string of the molecule is COc1cc(C2CC(=O)Nc3c2c(C(C)C)nn3C)ccc1O.O=CO. The molecular formula is C18H23N3O5. The van der Waals surface area contributed by atoms with E-state index in [4.69, 9.17) is 14.6 Å². The average Bonchev–Trinajstić information content (AvgIpc) is 2.92. The number of phenolic OH excluding ortho intramolecular Hbond substituents is 1. The third kappa shape index (κ3) is 3.63. The molecule has 3 rings (SSSR count). The Bertz CT molecular complexity index is 813. The van der Waals surface area contributed by atoms with Gasteiger partial charge in [0.2, 0.25) is 5.91 Å². The third-order valence-corrected chi connectivity index (χ3v) is 4.26. The van der Waals surface area contributed by atoms with Crippen LogP contribution < -0.4 is 10.1 Å². The molecule has 3 N–H and O–H groups in total. The molecule has 0 saturated heterocycles. The number of amides is 1. The Kier molecular flexibility index (Phi) is 5.86. The predicted octanol–water partition coefficient (Wildman–Crippen LogP) is 2.43. The molecule has 1 atom stereocenters. The van der Waals surface area contributed by atoms with Crippen LogP contribution in [0.1, 0.15) is 48.9 Å². The molecule has 0 bridgehead atoms. The molecule has 8 nitrogen and oxygen atoms in total. The first-order chi connectivity index (χ1) is 12.3. The van der Waals surface area contributed by atoms with E-state index in [9.17, 15) is 9.90 Å². The van der Waals surface area contributed by atoms with Gasteiger partial charge in [-0.3, -0.25) is 14.3 Å². The van der Waals surface area contributed by atoms with Crippen LogP contribution in [0.5, 0.6) is 11.5 Å². The van der Waals surface area contributed by atoms with Gasteiger partial charge in [-0.05, 0) is 23.6 Å². The van der Waals surface area contributed by atoms with Crippen LogP contribution in [0.3, 0.4) is 0 Å². The molecule has 8 heteroatoms. The van der Waals surface area contributed by atoms with Gasteiger partial charge in [-0.25, -0.2) is 0 Å². The summed E-state index contributed by atoms with van der Waals surface area (Å²) in [5.41, 5.74) is 2.97. The monoisotopic (exact) mass is 361 g/mol. The molecule has 140 valence electrons. The predicted molar refractivity (Wildman–Crippen MR) is 95.7 cm³/mol. The molecule has 1 amide bonds. The topological polar surface area (TPSA) is 114 Å². The highest BCUT2D eigenvalue weighted by molar-refractivity contribution is 5.94. The second-order valence-corrected chi connectivity index (χ2v) is 6.27. The van der Waals surface area contributed by atoms with Crippen LogP contribution in [0.25, 0.3) is 0 Å². The minimum absolute atomic E-state index is 0.0344. The zero-order valence-electron chi connectivity index (χ0n) is 15.2. The van der Waals surface area contributed by atoms with Crippen molar-refractivity contribution in [1.82, 2.24) is 9.78 Å². The first-order valence-electron chi connectivity index (χ1n) is 8.15. The quantitative estimate of drug-likeness (QED) is 0.724. The highest BCUT2D eigenvalue weighted by Crippen LogP contribution is 2.42. The summed E-state index contributed by atoms with van der Waals surface area (Å²) in [6, 6.07) is 5.23. The number of phenols is 1. The molecule has 2 aromatic rings. The van der Waals surface area contributed by atoms with E-state index in [1.165, 1.54) is 7.11 Å². The van der Waals surface area contributed by atoms with E-state index >= 15 is 0 Å². The van der Waals surface area contributed by atoms with Crippen molar-refractivity contribution in [3.8, 4) is 11.5 Å². The van der Waals surface area contributed by atoms with Crippen molar-refractivity contribution in [3.05, 3.63) is 35.0 Å². The smallest absolute Gasteiger partial charge is 0.290 e. The number of hydrogen-bond acceptors (Lipinski definition) is 5. The van der Waals surface area contributed by atoms with Gasteiger partial charge in [0, 0.05) is 24.9 Å². The van der Waals surface area contributed by atoms with Gasteiger partial charge in [0.1, 0.15) is 5.82 Å². The molecule has 0 spiro atoms. The lowest BCUT2D eigenvalue weighted by Gasteiger charge is -2.25. The van der Waals surface area contributed by atoms with Gasteiger partial charge in [0.15, 0.2) is 11.5 Å². The van der Waals surface area contributed by atoms with Crippen LogP contribution >= 0.6 is 0 Å². The number of hydrogen-bond donors (Lipinski definition) is 3. The number of aryl methyl sites for hydroxylation is 1. The van der Waals surface area contributed by atoms with Crippen LogP contribution in [0.4, 0.5) is 5.82 Å². The number of aromatic hydroxyl groups is 1. The van der Waals surface area contributed by atoms with Crippen molar-refractivity contribution in [2.45, 2.75) is 32.1 Å². The van der Waals surface area contributed by atoms with Crippen molar-refractivity contribution in [2.75, 3.05) is 12.4 Å². The number of carbonyl (C=O) groups excluding carboxylic acids is 1. The van der Waals surface area contributed by atoms with Crippen molar-refractivity contribution in [2.24, 2.45) is 7.05 Å². The summed E-state index contributed by atoms with van der Waals surface area (Å²) < 4.78 is 6.93. The van der Waals surface area contributed by atoms with E-state index in [0.717, 1.165) is 22.6 Å². The molecule has 1 aromatic heterocycles. The second kappa shape index (κ2) is 7.90. The van der Waals surface area contributed by atoms with Crippen LogP contribution in [-0.2, 0) is 16.6 Å². The van der Waals surface area contributed by atoms with E-state index < -0.39 is 0 Å². The van der Waals surface area contributed by atoms with Crippen molar-refractivity contribution in [3.63, 3.8) is 0 Å². The summed E-state index contributed by atoms with van der Waals surface area (Å²) in [5.74, 6) is 1.37. The Morgan fingerprint density at radius 1 is 1.42 bits per heavy atom. The number of carbonyl (C=O) groups is 2. The summed E-state index contributed by atoms with van der Waals surface area (Å²) in [6.07, 6.45) is 0.354.